The third kappa shape index (κ3) is 2.34. The maximum absolute atomic E-state index is 9.13. The summed E-state index contributed by atoms with van der Waals surface area (Å²) in [5.41, 5.74) is 2.14. The van der Waals surface area contributed by atoms with Gasteiger partial charge in [0.15, 0.2) is 5.82 Å². The van der Waals surface area contributed by atoms with E-state index in [0.29, 0.717) is 17.2 Å². The van der Waals surface area contributed by atoms with E-state index in [9.17, 15) is 0 Å². The van der Waals surface area contributed by atoms with Crippen LogP contribution in [0.25, 0.3) is 22.4 Å². The van der Waals surface area contributed by atoms with Crippen LogP contribution in [-0.4, -0.2) is 20.1 Å². The van der Waals surface area contributed by atoms with Gasteiger partial charge in [-0.05, 0) is 34.1 Å². The Morgan fingerprint density at radius 2 is 1.95 bits per heavy atom. The van der Waals surface area contributed by atoms with E-state index in [0.717, 1.165) is 15.4 Å². The number of pyridine rings is 1. The van der Waals surface area contributed by atoms with Crippen LogP contribution in [0.5, 0.6) is 0 Å². The molecule has 1 aromatic carbocycles. The second-order valence-electron chi connectivity index (χ2n) is 4.04. The van der Waals surface area contributed by atoms with Gasteiger partial charge in [-0.1, -0.05) is 18.2 Å². The van der Waals surface area contributed by atoms with E-state index in [1.54, 1.807) is 12.3 Å². The number of halogens is 1. The number of aliphatic hydroxyl groups excluding tert-OH is 1. The number of hydrogen-bond donors (Lipinski definition) is 1. The first kappa shape index (κ1) is 12.2. The van der Waals surface area contributed by atoms with Gasteiger partial charge in [0.2, 0.25) is 0 Å². The summed E-state index contributed by atoms with van der Waals surface area (Å²) in [5, 5.41) is 10.2. The minimum absolute atomic E-state index is 0.110. The molecule has 94 valence electrons. The lowest BCUT2D eigenvalue weighted by Crippen LogP contribution is -1.97. The zero-order valence-corrected chi connectivity index (χ0v) is 11.5. The molecule has 0 bridgehead atoms. The third-order valence-electron chi connectivity index (χ3n) is 2.76. The van der Waals surface area contributed by atoms with Gasteiger partial charge < -0.3 is 5.11 Å². The molecule has 0 unspecified atom stereocenters. The van der Waals surface area contributed by atoms with Crippen LogP contribution >= 0.6 is 15.9 Å². The summed E-state index contributed by atoms with van der Waals surface area (Å²) in [6.07, 6.45) is 1.62. The van der Waals surface area contributed by atoms with E-state index >= 15 is 0 Å². The first-order valence-electron chi connectivity index (χ1n) is 5.76. The zero-order valence-electron chi connectivity index (χ0n) is 9.92. The van der Waals surface area contributed by atoms with E-state index in [2.05, 4.69) is 30.9 Å². The van der Waals surface area contributed by atoms with E-state index in [1.807, 2.05) is 30.3 Å². The minimum Gasteiger partial charge on any atom is -0.390 e. The number of rotatable bonds is 2. The van der Waals surface area contributed by atoms with Crippen molar-refractivity contribution in [2.75, 3.05) is 0 Å². The molecule has 0 aliphatic rings. The van der Waals surface area contributed by atoms with Gasteiger partial charge in [-0.15, -0.1) is 0 Å². The highest BCUT2D eigenvalue weighted by Gasteiger charge is 2.10. The van der Waals surface area contributed by atoms with Gasteiger partial charge in [-0.2, -0.15) is 0 Å². The van der Waals surface area contributed by atoms with E-state index in [-0.39, 0.29) is 6.61 Å². The van der Waals surface area contributed by atoms with Crippen molar-refractivity contribution in [1.29, 1.82) is 0 Å². The van der Waals surface area contributed by atoms with E-state index in [4.69, 9.17) is 5.11 Å². The number of aromatic nitrogens is 3. The van der Waals surface area contributed by atoms with Crippen LogP contribution in [0.4, 0.5) is 0 Å². The summed E-state index contributed by atoms with van der Waals surface area (Å²) in [5.74, 6) is 0.504. The number of para-hydroxylation sites is 1. The van der Waals surface area contributed by atoms with Crippen molar-refractivity contribution in [2.45, 2.75) is 6.61 Å². The van der Waals surface area contributed by atoms with Gasteiger partial charge >= 0.3 is 0 Å². The molecule has 5 heteroatoms. The topological polar surface area (TPSA) is 58.9 Å². The van der Waals surface area contributed by atoms with Crippen molar-refractivity contribution in [3.05, 3.63) is 52.8 Å². The molecular formula is C14H10BrN3O. The molecule has 0 radical (unpaired) electrons. The van der Waals surface area contributed by atoms with Crippen LogP contribution in [0.2, 0.25) is 0 Å². The van der Waals surface area contributed by atoms with Crippen molar-refractivity contribution in [2.24, 2.45) is 0 Å². The number of benzene rings is 1. The summed E-state index contributed by atoms with van der Waals surface area (Å²) in [4.78, 5) is 13.1. The maximum atomic E-state index is 9.13. The molecule has 0 aliphatic heterocycles. The summed E-state index contributed by atoms with van der Waals surface area (Å²) in [6, 6.07) is 11.5. The smallest absolute Gasteiger partial charge is 0.179 e. The highest BCUT2D eigenvalue weighted by molar-refractivity contribution is 9.10. The number of nitrogens with zero attached hydrogens (tertiary/aromatic N) is 3. The predicted octanol–water partition coefficient (Wildman–Crippen LogP) is 2.95. The molecule has 0 amide bonds. The van der Waals surface area contributed by atoms with Gasteiger partial charge in [-0.3, -0.25) is 0 Å². The molecule has 19 heavy (non-hydrogen) atoms. The van der Waals surface area contributed by atoms with Crippen molar-refractivity contribution in [1.82, 2.24) is 15.0 Å². The largest absolute Gasteiger partial charge is 0.390 e. The molecule has 0 spiro atoms. The Hall–Kier alpha value is -1.85. The van der Waals surface area contributed by atoms with Crippen LogP contribution in [0.3, 0.4) is 0 Å². The van der Waals surface area contributed by atoms with Gasteiger partial charge in [0.25, 0.3) is 0 Å². The van der Waals surface area contributed by atoms with E-state index < -0.39 is 0 Å². The second-order valence-corrected chi connectivity index (χ2v) is 4.90. The Kier molecular flexibility index (Phi) is 3.23. The van der Waals surface area contributed by atoms with E-state index in [1.165, 1.54) is 0 Å². The van der Waals surface area contributed by atoms with Crippen molar-refractivity contribution in [3.63, 3.8) is 0 Å². The SMILES string of the molecule is OCc1ccnc(-c2nc3ccccc3cc2Br)n1. The van der Waals surface area contributed by atoms with Crippen LogP contribution < -0.4 is 0 Å². The van der Waals surface area contributed by atoms with Crippen LogP contribution in [0.15, 0.2) is 47.1 Å². The molecule has 2 aromatic heterocycles. The highest BCUT2D eigenvalue weighted by atomic mass is 79.9. The zero-order chi connectivity index (χ0) is 13.2. The minimum atomic E-state index is -0.110. The Morgan fingerprint density at radius 3 is 2.79 bits per heavy atom. The standard InChI is InChI=1S/C14H10BrN3O/c15-11-7-9-3-1-2-4-12(9)18-13(11)14-16-6-5-10(8-19)17-14/h1-7,19H,8H2. The second kappa shape index (κ2) is 5.03. The first-order valence-corrected chi connectivity index (χ1v) is 6.55. The van der Waals surface area contributed by atoms with Gasteiger partial charge in [0.05, 0.1) is 17.8 Å². The van der Waals surface area contributed by atoms with Crippen molar-refractivity contribution in [3.8, 4) is 11.5 Å². The summed E-state index contributed by atoms with van der Waals surface area (Å²) >= 11 is 3.50. The lowest BCUT2D eigenvalue weighted by atomic mass is 10.2. The summed E-state index contributed by atoms with van der Waals surface area (Å²) in [6.45, 7) is -0.110. The molecular weight excluding hydrogens is 306 g/mol. The van der Waals surface area contributed by atoms with Crippen LogP contribution in [0, 0.1) is 0 Å². The fourth-order valence-corrected chi connectivity index (χ4v) is 2.36. The highest BCUT2D eigenvalue weighted by Crippen LogP contribution is 2.27. The monoisotopic (exact) mass is 315 g/mol. The van der Waals surface area contributed by atoms with Gasteiger partial charge in [0, 0.05) is 16.1 Å². The lowest BCUT2D eigenvalue weighted by Gasteiger charge is -2.05. The van der Waals surface area contributed by atoms with Crippen molar-refractivity contribution >= 4 is 26.8 Å². The molecule has 1 N–H and O–H groups in total. The first-order chi connectivity index (χ1) is 9.28. The molecule has 0 atom stereocenters. The number of aliphatic hydroxyl groups is 1. The lowest BCUT2D eigenvalue weighted by molar-refractivity contribution is 0.277. The normalized spacial score (nSPS) is 10.8. The molecule has 0 saturated heterocycles. The van der Waals surface area contributed by atoms with Crippen molar-refractivity contribution < 1.29 is 5.11 Å². The Labute approximate surface area is 118 Å². The van der Waals surface area contributed by atoms with Gasteiger partial charge in [-0.25, -0.2) is 15.0 Å². The molecule has 2 heterocycles. The molecule has 0 saturated carbocycles. The van der Waals surface area contributed by atoms with Crippen LogP contribution in [-0.2, 0) is 6.61 Å². The molecule has 3 rings (SSSR count). The Bertz CT molecular complexity index is 746. The molecule has 3 aromatic rings. The quantitative estimate of drug-likeness (QED) is 0.790. The average Bonchev–Trinajstić information content (AvgIpc) is 2.46. The third-order valence-corrected chi connectivity index (χ3v) is 3.37. The summed E-state index contributed by atoms with van der Waals surface area (Å²) in [7, 11) is 0. The molecule has 4 nitrogen and oxygen atoms in total. The Balaban J connectivity index is 2.20. The maximum Gasteiger partial charge on any atom is 0.179 e. The average molecular weight is 316 g/mol. The summed E-state index contributed by atoms with van der Waals surface area (Å²) < 4.78 is 0.835. The predicted molar refractivity (Wildman–Crippen MR) is 76.4 cm³/mol. The Morgan fingerprint density at radius 1 is 1.11 bits per heavy atom. The molecule has 0 aliphatic carbocycles. The molecule has 0 fully saturated rings. The number of fused-ring (bicyclic) bond motifs is 1. The number of hydrogen-bond acceptors (Lipinski definition) is 4. The van der Waals surface area contributed by atoms with Crippen LogP contribution in [0.1, 0.15) is 5.69 Å². The fourth-order valence-electron chi connectivity index (χ4n) is 1.85. The fraction of sp³-hybridized carbons (Fsp3) is 0.0714. The van der Waals surface area contributed by atoms with Gasteiger partial charge in [0.1, 0.15) is 5.69 Å².